The van der Waals surface area contributed by atoms with Crippen LogP contribution in [0, 0.1) is 0 Å². The molecule has 1 aromatic heterocycles. The molecule has 1 fully saturated rings. The van der Waals surface area contributed by atoms with Crippen LogP contribution in [-0.2, 0) is 9.53 Å². The largest absolute Gasteiger partial charge is 0.383 e. The van der Waals surface area contributed by atoms with Gasteiger partial charge in [-0.15, -0.1) is 11.3 Å². The van der Waals surface area contributed by atoms with Gasteiger partial charge in [-0.05, 0) is 24.3 Å². The van der Waals surface area contributed by atoms with Gasteiger partial charge in [-0.2, -0.15) is 0 Å². The van der Waals surface area contributed by atoms with E-state index in [1.54, 1.807) is 18.4 Å². The number of amides is 1. The molecule has 1 amide bonds. The summed E-state index contributed by atoms with van der Waals surface area (Å²) in [6, 6.07) is 4.47. The van der Waals surface area contributed by atoms with Crippen molar-refractivity contribution in [1.82, 2.24) is 10.2 Å². The number of nitrogens with one attached hydrogen (secondary N) is 1. The molecule has 0 saturated carbocycles. The Balaban J connectivity index is 1.85. The van der Waals surface area contributed by atoms with Crippen LogP contribution in [0.2, 0.25) is 0 Å². The first kappa shape index (κ1) is 13.5. The predicted octanol–water partition coefficient (Wildman–Crippen LogP) is 1.65. The monoisotopic (exact) mass is 268 g/mol. The Morgan fingerprint density at radius 1 is 1.67 bits per heavy atom. The van der Waals surface area contributed by atoms with Gasteiger partial charge in [0.25, 0.3) is 0 Å². The van der Waals surface area contributed by atoms with E-state index < -0.39 is 0 Å². The number of ether oxygens (including phenoxy) is 1. The van der Waals surface area contributed by atoms with Crippen LogP contribution in [0.5, 0.6) is 0 Å². The number of likely N-dealkylation sites (tertiary alicyclic amines) is 1. The van der Waals surface area contributed by atoms with Crippen LogP contribution in [-0.4, -0.2) is 44.2 Å². The molecule has 5 heteroatoms. The van der Waals surface area contributed by atoms with Gasteiger partial charge in [0, 0.05) is 25.1 Å². The highest BCUT2D eigenvalue weighted by molar-refractivity contribution is 7.10. The summed E-state index contributed by atoms with van der Waals surface area (Å²) < 4.78 is 4.94. The molecule has 1 aliphatic rings. The summed E-state index contributed by atoms with van der Waals surface area (Å²) in [5, 5.41) is 5.19. The maximum Gasteiger partial charge on any atom is 0.237 e. The lowest BCUT2D eigenvalue weighted by atomic mass is 10.2. The Morgan fingerprint density at radius 2 is 2.56 bits per heavy atom. The Labute approximate surface area is 112 Å². The summed E-state index contributed by atoms with van der Waals surface area (Å²) >= 11 is 1.74. The summed E-state index contributed by atoms with van der Waals surface area (Å²) in [6.45, 7) is 2.65. The van der Waals surface area contributed by atoms with Gasteiger partial charge in [0.2, 0.25) is 5.91 Å². The van der Waals surface area contributed by atoms with E-state index in [0.717, 1.165) is 25.9 Å². The van der Waals surface area contributed by atoms with Crippen LogP contribution in [0.4, 0.5) is 0 Å². The van der Waals surface area contributed by atoms with E-state index in [1.165, 1.54) is 4.88 Å². The maximum atomic E-state index is 12.1. The lowest BCUT2D eigenvalue weighted by Crippen LogP contribution is -2.38. The molecule has 1 aromatic rings. The number of hydrogen-bond donors (Lipinski definition) is 1. The molecule has 0 aliphatic carbocycles. The molecule has 1 unspecified atom stereocenters. The summed E-state index contributed by atoms with van der Waals surface area (Å²) in [5.41, 5.74) is 0. The van der Waals surface area contributed by atoms with Gasteiger partial charge in [-0.1, -0.05) is 6.07 Å². The van der Waals surface area contributed by atoms with E-state index in [-0.39, 0.29) is 5.91 Å². The first-order valence-corrected chi connectivity index (χ1v) is 7.23. The molecule has 0 bridgehead atoms. The summed E-state index contributed by atoms with van der Waals surface area (Å²) in [6.07, 6.45) is 2.19. The summed E-state index contributed by atoms with van der Waals surface area (Å²) in [5.74, 6) is 0.196. The smallest absolute Gasteiger partial charge is 0.237 e. The van der Waals surface area contributed by atoms with Crippen molar-refractivity contribution in [1.29, 1.82) is 0 Å². The molecular weight excluding hydrogens is 248 g/mol. The molecular formula is C13H20N2O2S. The number of carbonyl (C=O) groups excluding carboxylic acids is 1. The Morgan fingerprint density at radius 3 is 3.28 bits per heavy atom. The number of nitrogens with zero attached hydrogens (tertiary/aromatic N) is 1. The molecule has 18 heavy (non-hydrogen) atoms. The first-order valence-electron chi connectivity index (χ1n) is 6.35. The second kappa shape index (κ2) is 6.87. The lowest BCUT2D eigenvalue weighted by Gasteiger charge is -2.24. The average molecular weight is 268 g/mol. The molecule has 1 N–H and O–H groups in total. The standard InChI is InChI=1S/C13H20N2O2S/c1-17-8-6-14-10-13(16)15-7-2-4-11(15)12-5-3-9-18-12/h3,5,9,11,14H,2,4,6-8,10H2,1H3. The molecule has 2 heterocycles. The minimum absolute atomic E-state index is 0.196. The van der Waals surface area contributed by atoms with Crippen molar-refractivity contribution in [3.05, 3.63) is 22.4 Å². The van der Waals surface area contributed by atoms with Crippen molar-refractivity contribution in [2.75, 3.05) is 33.4 Å². The summed E-state index contributed by atoms with van der Waals surface area (Å²) in [7, 11) is 1.66. The van der Waals surface area contributed by atoms with E-state index in [4.69, 9.17) is 4.74 Å². The zero-order valence-corrected chi connectivity index (χ0v) is 11.5. The highest BCUT2D eigenvalue weighted by Crippen LogP contribution is 2.34. The Hall–Kier alpha value is -0.910. The minimum Gasteiger partial charge on any atom is -0.383 e. The van der Waals surface area contributed by atoms with E-state index in [9.17, 15) is 4.79 Å². The van der Waals surface area contributed by atoms with Crippen molar-refractivity contribution in [2.45, 2.75) is 18.9 Å². The zero-order chi connectivity index (χ0) is 12.8. The molecule has 2 rings (SSSR count). The number of thiophene rings is 1. The molecule has 1 atom stereocenters. The molecule has 0 radical (unpaired) electrons. The van der Waals surface area contributed by atoms with Gasteiger partial charge >= 0.3 is 0 Å². The van der Waals surface area contributed by atoms with E-state index in [2.05, 4.69) is 22.8 Å². The average Bonchev–Trinajstić information content (AvgIpc) is 3.02. The fourth-order valence-electron chi connectivity index (χ4n) is 2.31. The summed E-state index contributed by atoms with van der Waals surface area (Å²) in [4.78, 5) is 15.5. The van der Waals surface area contributed by atoms with Crippen LogP contribution < -0.4 is 5.32 Å². The van der Waals surface area contributed by atoms with Gasteiger partial charge < -0.3 is 15.0 Å². The van der Waals surface area contributed by atoms with Crippen molar-refractivity contribution in [3.8, 4) is 0 Å². The lowest BCUT2D eigenvalue weighted by molar-refractivity contribution is -0.131. The molecule has 0 spiro atoms. The fourth-order valence-corrected chi connectivity index (χ4v) is 3.19. The van der Waals surface area contributed by atoms with Crippen molar-refractivity contribution in [2.24, 2.45) is 0 Å². The van der Waals surface area contributed by atoms with Crippen molar-refractivity contribution in [3.63, 3.8) is 0 Å². The van der Waals surface area contributed by atoms with Crippen LogP contribution in [0.25, 0.3) is 0 Å². The Kier molecular flexibility index (Phi) is 5.16. The molecule has 4 nitrogen and oxygen atoms in total. The van der Waals surface area contributed by atoms with Crippen LogP contribution in [0.3, 0.4) is 0 Å². The SMILES string of the molecule is COCCNCC(=O)N1CCCC1c1cccs1. The zero-order valence-electron chi connectivity index (χ0n) is 10.7. The van der Waals surface area contributed by atoms with Gasteiger partial charge in [0.05, 0.1) is 19.2 Å². The minimum atomic E-state index is 0.196. The van der Waals surface area contributed by atoms with Gasteiger partial charge in [0.1, 0.15) is 0 Å². The van der Waals surface area contributed by atoms with Crippen LogP contribution in [0.15, 0.2) is 17.5 Å². The normalized spacial score (nSPS) is 19.4. The number of carbonyl (C=O) groups is 1. The number of hydrogen-bond acceptors (Lipinski definition) is 4. The van der Waals surface area contributed by atoms with Gasteiger partial charge in [0.15, 0.2) is 0 Å². The second-order valence-electron chi connectivity index (χ2n) is 4.43. The topological polar surface area (TPSA) is 41.6 Å². The first-order chi connectivity index (χ1) is 8.83. The third-order valence-corrected chi connectivity index (χ3v) is 4.18. The molecule has 1 saturated heterocycles. The quantitative estimate of drug-likeness (QED) is 0.798. The highest BCUT2D eigenvalue weighted by atomic mass is 32.1. The molecule has 1 aliphatic heterocycles. The van der Waals surface area contributed by atoms with E-state index >= 15 is 0 Å². The third kappa shape index (κ3) is 3.31. The fraction of sp³-hybridized carbons (Fsp3) is 0.615. The van der Waals surface area contributed by atoms with Crippen LogP contribution >= 0.6 is 11.3 Å². The van der Waals surface area contributed by atoms with Gasteiger partial charge in [-0.25, -0.2) is 0 Å². The van der Waals surface area contributed by atoms with E-state index in [0.29, 0.717) is 19.2 Å². The van der Waals surface area contributed by atoms with Crippen molar-refractivity contribution >= 4 is 17.2 Å². The highest BCUT2D eigenvalue weighted by Gasteiger charge is 2.29. The third-order valence-electron chi connectivity index (χ3n) is 3.20. The molecule has 100 valence electrons. The number of methoxy groups -OCH3 is 1. The predicted molar refractivity (Wildman–Crippen MR) is 72.8 cm³/mol. The maximum absolute atomic E-state index is 12.1. The van der Waals surface area contributed by atoms with Crippen LogP contribution in [0.1, 0.15) is 23.8 Å². The number of rotatable bonds is 6. The Bertz CT molecular complexity index is 367. The van der Waals surface area contributed by atoms with Gasteiger partial charge in [-0.3, -0.25) is 4.79 Å². The van der Waals surface area contributed by atoms with E-state index in [1.807, 2.05) is 4.90 Å². The second-order valence-corrected chi connectivity index (χ2v) is 5.41. The molecule has 0 aromatic carbocycles. The van der Waals surface area contributed by atoms with Crippen molar-refractivity contribution < 1.29 is 9.53 Å².